The molecule has 0 radical (unpaired) electrons. The first-order valence-corrected chi connectivity index (χ1v) is 5.15. The SMILES string of the molecule is Cc1cc(CNc2ccc(N)cc2C#N)on1. The lowest BCUT2D eigenvalue weighted by atomic mass is 10.1. The third-order valence-corrected chi connectivity index (χ3v) is 2.29. The standard InChI is InChI=1S/C12H12N4O/c1-8-4-11(17-16-8)7-15-12-3-2-10(14)5-9(12)6-13/h2-5,15H,7,14H2,1H3. The van der Waals surface area contributed by atoms with Crippen LogP contribution in [0.15, 0.2) is 28.8 Å². The van der Waals surface area contributed by atoms with Crippen molar-refractivity contribution in [3.63, 3.8) is 0 Å². The summed E-state index contributed by atoms with van der Waals surface area (Å²) in [7, 11) is 0. The van der Waals surface area contributed by atoms with Crippen molar-refractivity contribution < 1.29 is 4.52 Å². The minimum atomic E-state index is 0.486. The lowest BCUT2D eigenvalue weighted by Gasteiger charge is -2.06. The number of benzene rings is 1. The van der Waals surface area contributed by atoms with Gasteiger partial charge >= 0.3 is 0 Å². The van der Waals surface area contributed by atoms with Crippen LogP contribution in [0.25, 0.3) is 0 Å². The van der Waals surface area contributed by atoms with Gasteiger partial charge in [-0.15, -0.1) is 0 Å². The number of aryl methyl sites for hydroxylation is 1. The Morgan fingerprint density at radius 2 is 2.29 bits per heavy atom. The molecule has 2 aromatic rings. The molecular weight excluding hydrogens is 216 g/mol. The highest BCUT2D eigenvalue weighted by molar-refractivity contribution is 5.62. The van der Waals surface area contributed by atoms with Crippen molar-refractivity contribution in [3.8, 4) is 6.07 Å². The molecule has 1 heterocycles. The number of nitrogen functional groups attached to an aromatic ring is 1. The molecule has 0 unspecified atom stereocenters. The summed E-state index contributed by atoms with van der Waals surface area (Å²) in [5.41, 5.74) is 8.26. The van der Waals surface area contributed by atoms with E-state index in [2.05, 4.69) is 16.5 Å². The van der Waals surface area contributed by atoms with Crippen LogP contribution in [0.4, 0.5) is 11.4 Å². The summed E-state index contributed by atoms with van der Waals surface area (Å²) in [5.74, 6) is 0.725. The van der Waals surface area contributed by atoms with E-state index in [4.69, 9.17) is 15.5 Å². The highest BCUT2D eigenvalue weighted by Gasteiger charge is 2.04. The van der Waals surface area contributed by atoms with Gasteiger partial charge in [-0.1, -0.05) is 5.16 Å². The first-order chi connectivity index (χ1) is 8.19. The van der Waals surface area contributed by atoms with Crippen LogP contribution in [0.2, 0.25) is 0 Å². The topological polar surface area (TPSA) is 87.9 Å². The maximum atomic E-state index is 8.96. The van der Waals surface area contributed by atoms with Crippen molar-refractivity contribution in [2.24, 2.45) is 0 Å². The number of nitriles is 1. The molecule has 86 valence electrons. The Hall–Kier alpha value is -2.48. The van der Waals surface area contributed by atoms with Gasteiger partial charge in [0.2, 0.25) is 0 Å². The van der Waals surface area contributed by atoms with E-state index in [9.17, 15) is 0 Å². The molecule has 0 saturated heterocycles. The van der Waals surface area contributed by atoms with Crippen molar-refractivity contribution in [1.29, 1.82) is 5.26 Å². The summed E-state index contributed by atoms with van der Waals surface area (Å²) in [5, 5.41) is 15.9. The zero-order valence-corrected chi connectivity index (χ0v) is 9.40. The summed E-state index contributed by atoms with van der Waals surface area (Å²) < 4.78 is 5.06. The van der Waals surface area contributed by atoms with Gasteiger partial charge in [0, 0.05) is 11.8 Å². The normalized spacial score (nSPS) is 9.88. The molecule has 3 N–H and O–H groups in total. The average Bonchev–Trinajstić information content (AvgIpc) is 2.73. The zero-order valence-electron chi connectivity index (χ0n) is 9.40. The fourth-order valence-electron chi connectivity index (χ4n) is 1.49. The number of hydrogen-bond donors (Lipinski definition) is 2. The summed E-state index contributed by atoms with van der Waals surface area (Å²) in [6.07, 6.45) is 0. The van der Waals surface area contributed by atoms with Crippen LogP contribution >= 0.6 is 0 Å². The molecular formula is C12H12N4O. The van der Waals surface area contributed by atoms with Crippen molar-refractivity contribution in [2.75, 3.05) is 11.1 Å². The van der Waals surface area contributed by atoms with E-state index in [0.717, 1.165) is 17.1 Å². The van der Waals surface area contributed by atoms with Gasteiger partial charge in [-0.05, 0) is 25.1 Å². The molecule has 5 nitrogen and oxygen atoms in total. The number of nitrogens with two attached hydrogens (primary N) is 1. The second kappa shape index (κ2) is 4.58. The Balaban J connectivity index is 2.12. The van der Waals surface area contributed by atoms with E-state index in [1.54, 1.807) is 18.2 Å². The molecule has 0 bridgehead atoms. The molecule has 0 aliphatic carbocycles. The molecule has 5 heteroatoms. The van der Waals surface area contributed by atoms with Gasteiger partial charge in [0.1, 0.15) is 6.07 Å². The Morgan fingerprint density at radius 3 is 2.94 bits per heavy atom. The second-order valence-electron chi connectivity index (χ2n) is 3.70. The average molecular weight is 228 g/mol. The van der Waals surface area contributed by atoms with Crippen molar-refractivity contribution in [3.05, 3.63) is 41.3 Å². The largest absolute Gasteiger partial charge is 0.399 e. The van der Waals surface area contributed by atoms with Gasteiger partial charge in [-0.2, -0.15) is 5.26 Å². The predicted octanol–water partition coefficient (Wildman–Crippen LogP) is 2.05. The Bertz CT molecular complexity index is 568. The summed E-state index contributed by atoms with van der Waals surface area (Å²) in [4.78, 5) is 0. The van der Waals surface area contributed by atoms with Crippen molar-refractivity contribution >= 4 is 11.4 Å². The van der Waals surface area contributed by atoms with Crippen LogP contribution in [0.1, 0.15) is 17.0 Å². The van der Waals surface area contributed by atoms with Crippen molar-refractivity contribution in [2.45, 2.75) is 13.5 Å². The molecule has 0 aliphatic rings. The molecule has 0 aliphatic heterocycles. The van der Waals surface area contributed by atoms with Crippen LogP contribution < -0.4 is 11.1 Å². The maximum Gasteiger partial charge on any atom is 0.156 e. The summed E-state index contributed by atoms with van der Waals surface area (Å²) >= 11 is 0. The zero-order chi connectivity index (χ0) is 12.3. The maximum absolute atomic E-state index is 8.96. The molecule has 17 heavy (non-hydrogen) atoms. The van der Waals surface area contributed by atoms with Crippen LogP contribution in [-0.2, 0) is 6.54 Å². The van der Waals surface area contributed by atoms with Crippen LogP contribution in [0.5, 0.6) is 0 Å². The third kappa shape index (κ3) is 2.55. The van der Waals surface area contributed by atoms with Crippen LogP contribution in [0, 0.1) is 18.3 Å². The number of nitrogens with zero attached hydrogens (tertiary/aromatic N) is 2. The molecule has 0 atom stereocenters. The second-order valence-corrected chi connectivity index (χ2v) is 3.70. The number of anilines is 2. The van der Waals surface area contributed by atoms with Gasteiger partial charge in [-0.25, -0.2) is 0 Å². The fraction of sp³-hybridized carbons (Fsp3) is 0.167. The van der Waals surface area contributed by atoms with E-state index >= 15 is 0 Å². The van der Waals surface area contributed by atoms with Crippen molar-refractivity contribution in [1.82, 2.24) is 5.16 Å². The minimum absolute atomic E-state index is 0.486. The van der Waals surface area contributed by atoms with Gasteiger partial charge < -0.3 is 15.6 Å². The Kier molecular flexibility index (Phi) is 2.97. The van der Waals surface area contributed by atoms with Crippen LogP contribution in [0.3, 0.4) is 0 Å². The first kappa shape index (κ1) is 11.0. The summed E-state index contributed by atoms with van der Waals surface area (Å²) in [6.45, 7) is 2.34. The Labute approximate surface area is 98.8 Å². The van der Waals surface area contributed by atoms with E-state index in [1.165, 1.54) is 0 Å². The fourth-order valence-corrected chi connectivity index (χ4v) is 1.49. The van der Waals surface area contributed by atoms with Gasteiger partial charge in [-0.3, -0.25) is 0 Å². The predicted molar refractivity (Wildman–Crippen MR) is 64.1 cm³/mol. The first-order valence-electron chi connectivity index (χ1n) is 5.15. The minimum Gasteiger partial charge on any atom is -0.399 e. The van der Waals surface area contributed by atoms with E-state index in [-0.39, 0.29) is 0 Å². The molecule has 0 fully saturated rings. The highest BCUT2D eigenvalue weighted by Crippen LogP contribution is 2.18. The Morgan fingerprint density at radius 1 is 1.47 bits per heavy atom. The molecule has 0 amide bonds. The van der Waals surface area contributed by atoms with Gasteiger partial charge in [0.15, 0.2) is 5.76 Å². The van der Waals surface area contributed by atoms with Gasteiger partial charge in [0.05, 0.1) is 23.5 Å². The monoisotopic (exact) mass is 228 g/mol. The summed E-state index contributed by atoms with van der Waals surface area (Å²) in [6, 6.07) is 9.09. The quantitative estimate of drug-likeness (QED) is 0.785. The smallest absolute Gasteiger partial charge is 0.156 e. The number of rotatable bonds is 3. The van der Waals surface area contributed by atoms with E-state index in [0.29, 0.717) is 17.8 Å². The van der Waals surface area contributed by atoms with E-state index in [1.807, 2.05) is 13.0 Å². The number of aromatic nitrogens is 1. The molecule has 1 aromatic heterocycles. The van der Waals surface area contributed by atoms with Gasteiger partial charge in [0.25, 0.3) is 0 Å². The van der Waals surface area contributed by atoms with E-state index < -0.39 is 0 Å². The molecule has 2 rings (SSSR count). The lowest BCUT2D eigenvalue weighted by molar-refractivity contribution is 0.384. The molecule has 0 saturated carbocycles. The third-order valence-electron chi connectivity index (χ3n) is 2.29. The number of nitrogens with one attached hydrogen (secondary N) is 1. The molecule has 1 aromatic carbocycles. The van der Waals surface area contributed by atoms with Crippen LogP contribution in [-0.4, -0.2) is 5.16 Å². The number of hydrogen-bond acceptors (Lipinski definition) is 5. The molecule has 0 spiro atoms. The highest BCUT2D eigenvalue weighted by atomic mass is 16.5. The lowest BCUT2D eigenvalue weighted by Crippen LogP contribution is -2.01.